The SMILES string of the molecule is CCn1c(=O)c2ccccc2n(CC(=O)N[C@@H](C)c2ccco2)c1=O. The molecule has 1 aromatic carbocycles. The van der Waals surface area contributed by atoms with Crippen molar-refractivity contribution in [2.45, 2.75) is 33.0 Å². The van der Waals surface area contributed by atoms with E-state index in [1.807, 2.05) is 0 Å². The Hall–Kier alpha value is -3.09. The fraction of sp³-hybridized carbons (Fsp3) is 0.278. The zero-order valence-electron chi connectivity index (χ0n) is 14.1. The maximum absolute atomic E-state index is 12.6. The van der Waals surface area contributed by atoms with E-state index in [0.717, 1.165) is 4.57 Å². The van der Waals surface area contributed by atoms with E-state index >= 15 is 0 Å². The van der Waals surface area contributed by atoms with Gasteiger partial charge in [-0.3, -0.25) is 18.7 Å². The molecule has 3 rings (SSSR count). The van der Waals surface area contributed by atoms with Crippen LogP contribution in [0.2, 0.25) is 0 Å². The highest BCUT2D eigenvalue weighted by Crippen LogP contribution is 2.12. The van der Waals surface area contributed by atoms with E-state index < -0.39 is 5.69 Å². The van der Waals surface area contributed by atoms with Gasteiger partial charge in [-0.15, -0.1) is 0 Å². The number of aromatic nitrogens is 2. The molecule has 0 spiro atoms. The Bertz CT molecular complexity index is 1010. The highest BCUT2D eigenvalue weighted by Gasteiger charge is 2.16. The average Bonchev–Trinajstić information content (AvgIpc) is 3.14. The van der Waals surface area contributed by atoms with Crippen LogP contribution in [0.4, 0.5) is 0 Å². The molecule has 0 saturated heterocycles. The Kier molecular flexibility index (Phi) is 4.56. The minimum atomic E-state index is -0.494. The predicted octanol–water partition coefficient (Wildman–Crippen LogP) is 1.65. The van der Waals surface area contributed by atoms with Crippen molar-refractivity contribution in [3.63, 3.8) is 0 Å². The van der Waals surface area contributed by atoms with Crippen LogP contribution in [0, 0.1) is 0 Å². The summed E-state index contributed by atoms with van der Waals surface area (Å²) in [7, 11) is 0. The van der Waals surface area contributed by atoms with Crippen molar-refractivity contribution < 1.29 is 9.21 Å². The summed E-state index contributed by atoms with van der Waals surface area (Å²) in [5.41, 5.74) is -0.390. The van der Waals surface area contributed by atoms with Crippen molar-refractivity contribution in [1.29, 1.82) is 0 Å². The van der Waals surface area contributed by atoms with E-state index in [-0.39, 0.29) is 30.6 Å². The number of hydrogen-bond donors (Lipinski definition) is 1. The molecular weight excluding hydrogens is 322 g/mol. The smallest absolute Gasteiger partial charge is 0.331 e. The van der Waals surface area contributed by atoms with E-state index in [1.165, 1.54) is 10.8 Å². The molecule has 1 amide bonds. The Morgan fingerprint density at radius 2 is 1.92 bits per heavy atom. The van der Waals surface area contributed by atoms with E-state index in [4.69, 9.17) is 4.42 Å². The van der Waals surface area contributed by atoms with Crippen molar-refractivity contribution in [2.75, 3.05) is 0 Å². The lowest BCUT2D eigenvalue weighted by atomic mass is 10.2. The summed E-state index contributed by atoms with van der Waals surface area (Å²) in [6.07, 6.45) is 1.53. The molecule has 3 aromatic rings. The first-order valence-corrected chi connectivity index (χ1v) is 8.08. The number of amides is 1. The standard InChI is InChI=1S/C18H19N3O4/c1-3-20-17(23)13-7-4-5-8-14(13)21(18(20)24)11-16(22)19-12(2)15-9-6-10-25-15/h4-10,12H,3,11H2,1-2H3,(H,19,22)/t12-/m0/s1. The van der Waals surface area contributed by atoms with Gasteiger partial charge in [-0.25, -0.2) is 4.79 Å². The van der Waals surface area contributed by atoms with E-state index in [0.29, 0.717) is 16.7 Å². The lowest BCUT2D eigenvalue weighted by Crippen LogP contribution is -2.42. The molecule has 0 aliphatic rings. The van der Waals surface area contributed by atoms with Crippen LogP contribution >= 0.6 is 0 Å². The first-order valence-electron chi connectivity index (χ1n) is 8.08. The number of nitrogens with zero attached hydrogens (tertiary/aromatic N) is 2. The zero-order chi connectivity index (χ0) is 18.0. The molecule has 7 heteroatoms. The lowest BCUT2D eigenvalue weighted by Gasteiger charge is -2.15. The number of carbonyl (C=O) groups excluding carboxylic acids is 1. The number of hydrogen-bond acceptors (Lipinski definition) is 4. The molecule has 0 aliphatic carbocycles. The van der Waals surface area contributed by atoms with Crippen molar-refractivity contribution in [1.82, 2.24) is 14.5 Å². The molecule has 2 aromatic heterocycles. The van der Waals surface area contributed by atoms with Crippen molar-refractivity contribution >= 4 is 16.8 Å². The number of para-hydroxylation sites is 1. The second kappa shape index (κ2) is 6.80. The topological polar surface area (TPSA) is 86.2 Å². The molecule has 1 N–H and O–H groups in total. The molecule has 2 heterocycles. The van der Waals surface area contributed by atoms with Gasteiger partial charge in [-0.1, -0.05) is 12.1 Å². The number of fused-ring (bicyclic) bond motifs is 1. The number of nitrogens with one attached hydrogen (secondary N) is 1. The van der Waals surface area contributed by atoms with Gasteiger partial charge in [0, 0.05) is 6.54 Å². The molecule has 7 nitrogen and oxygen atoms in total. The third-order valence-electron chi connectivity index (χ3n) is 4.10. The largest absolute Gasteiger partial charge is 0.467 e. The van der Waals surface area contributed by atoms with Gasteiger partial charge in [0.05, 0.1) is 23.2 Å². The molecule has 1 atom stereocenters. The summed E-state index contributed by atoms with van der Waals surface area (Å²) in [5, 5.41) is 3.21. The van der Waals surface area contributed by atoms with Crippen LogP contribution in [0.15, 0.2) is 56.7 Å². The molecule has 0 fully saturated rings. The summed E-state index contributed by atoms with van der Waals surface area (Å²) in [4.78, 5) is 37.4. The monoisotopic (exact) mass is 341 g/mol. The third-order valence-corrected chi connectivity index (χ3v) is 4.10. The Labute approximate surface area is 143 Å². The maximum atomic E-state index is 12.6. The van der Waals surface area contributed by atoms with Crippen LogP contribution in [-0.4, -0.2) is 15.0 Å². The van der Waals surface area contributed by atoms with Gasteiger partial charge < -0.3 is 9.73 Å². The first kappa shape index (κ1) is 16.8. The molecule has 0 bridgehead atoms. The van der Waals surface area contributed by atoms with Crippen LogP contribution in [0.25, 0.3) is 10.9 Å². The van der Waals surface area contributed by atoms with Crippen LogP contribution in [0.3, 0.4) is 0 Å². The second-order valence-electron chi connectivity index (χ2n) is 5.74. The lowest BCUT2D eigenvalue weighted by molar-refractivity contribution is -0.122. The number of benzene rings is 1. The Balaban J connectivity index is 1.97. The summed E-state index contributed by atoms with van der Waals surface area (Å²) in [6, 6.07) is 9.98. The summed E-state index contributed by atoms with van der Waals surface area (Å²) >= 11 is 0. The quantitative estimate of drug-likeness (QED) is 0.764. The molecule has 0 radical (unpaired) electrons. The van der Waals surface area contributed by atoms with Gasteiger partial charge in [0.15, 0.2) is 0 Å². The van der Waals surface area contributed by atoms with Crippen LogP contribution in [-0.2, 0) is 17.9 Å². The summed E-state index contributed by atoms with van der Waals surface area (Å²) in [5.74, 6) is 0.293. The van der Waals surface area contributed by atoms with Gasteiger partial charge in [0.2, 0.25) is 5.91 Å². The van der Waals surface area contributed by atoms with Crippen molar-refractivity contribution in [2.24, 2.45) is 0 Å². The van der Waals surface area contributed by atoms with Gasteiger partial charge in [0.1, 0.15) is 12.3 Å². The van der Waals surface area contributed by atoms with Crippen LogP contribution < -0.4 is 16.6 Å². The summed E-state index contributed by atoms with van der Waals surface area (Å²) < 4.78 is 7.72. The van der Waals surface area contributed by atoms with Gasteiger partial charge in [-0.05, 0) is 38.1 Å². The van der Waals surface area contributed by atoms with Crippen LogP contribution in [0.5, 0.6) is 0 Å². The summed E-state index contributed by atoms with van der Waals surface area (Å²) in [6.45, 7) is 3.59. The second-order valence-corrected chi connectivity index (χ2v) is 5.74. The molecular formula is C18H19N3O4. The van der Waals surface area contributed by atoms with Crippen molar-refractivity contribution in [3.05, 3.63) is 69.3 Å². The van der Waals surface area contributed by atoms with Crippen LogP contribution in [0.1, 0.15) is 25.6 Å². The van der Waals surface area contributed by atoms with E-state index in [9.17, 15) is 14.4 Å². The normalized spacial score (nSPS) is 12.2. The van der Waals surface area contributed by atoms with Gasteiger partial charge in [0.25, 0.3) is 5.56 Å². The Morgan fingerprint density at radius 1 is 1.16 bits per heavy atom. The maximum Gasteiger partial charge on any atom is 0.331 e. The highest BCUT2D eigenvalue weighted by atomic mass is 16.3. The highest BCUT2D eigenvalue weighted by molar-refractivity contribution is 5.81. The first-order chi connectivity index (χ1) is 12.0. The minimum Gasteiger partial charge on any atom is -0.467 e. The molecule has 0 saturated carbocycles. The fourth-order valence-electron chi connectivity index (χ4n) is 2.84. The van der Waals surface area contributed by atoms with Crippen molar-refractivity contribution in [3.8, 4) is 0 Å². The third kappa shape index (κ3) is 3.13. The number of rotatable bonds is 5. The zero-order valence-corrected chi connectivity index (χ0v) is 14.1. The predicted molar refractivity (Wildman–Crippen MR) is 93.4 cm³/mol. The molecule has 130 valence electrons. The van der Waals surface area contributed by atoms with Gasteiger partial charge >= 0.3 is 5.69 Å². The number of furan rings is 1. The molecule has 0 unspecified atom stereocenters. The van der Waals surface area contributed by atoms with E-state index in [1.54, 1.807) is 50.2 Å². The molecule has 25 heavy (non-hydrogen) atoms. The van der Waals surface area contributed by atoms with E-state index in [2.05, 4.69) is 5.32 Å². The van der Waals surface area contributed by atoms with Gasteiger partial charge in [-0.2, -0.15) is 0 Å². The number of carbonyl (C=O) groups is 1. The Morgan fingerprint density at radius 3 is 2.60 bits per heavy atom. The average molecular weight is 341 g/mol. The molecule has 0 aliphatic heterocycles. The fourth-order valence-corrected chi connectivity index (χ4v) is 2.84. The minimum absolute atomic E-state index is 0.176.